The molecule has 0 aromatic carbocycles. The molecule has 0 aromatic heterocycles. The molecule has 0 aliphatic rings. The number of rotatable bonds is 32. The van der Waals surface area contributed by atoms with Gasteiger partial charge in [0.2, 0.25) is 0 Å². The summed E-state index contributed by atoms with van der Waals surface area (Å²) in [6.45, 7) is 6.21. The van der Waals surface area contributed by atoms with Gasteiger partial charge in [-0.25, -0.2) is 0 Å². The van der Waals surface area contributed by atoms with Crippen molar-refractivity contribution in [3.63, 3.8) is 0 Å². The zero-order valence-corrected chi connectivity index (χ0v) is 30.5. The van der Waals surface area contributed by atoms with Crippen LogP contribution in [0.25, 0.3) is 0 Å². The van der Waals surface area contributed by atoms with Crippen molar-refractivity contribution in [2.75, 3.05) is 13.2 Å². The molecule has 0 rings (SSSR count). The fourth-order valence-electron chi connectivity index (χ4n) is 5.06. The van der Waals surface area contributed by atoms with Crippen molar-refractivity contribution in [1.29, 1.82) is 0 Å². The van der Waals surface area contributed by atoms with Crippen molar-refractivity contribution in [3.8, 4) is 0 Å². The maximum absolute atomic E-state index is 12.0. The third-order valence-electron chi connectivity index (χ3n) is 8.11. The van der Waals surface area contributed by atoms with Crippen LogP contribution in [0.5, 0.6) is 0 Å². The van der Waals surface area contributed by atoms with Crippen molar-refractivity contribution in [3.05, 3.63) is 48.6 Å². The van der Waals surface area contributed by atoms with Crippen molar-refractivity contribution in [2.24, 2.45) is 5.92 Å². The number of ether oxygens (including phenoxy) is 2. The summed E-state index contributed by atoms with van der Waals surface area (Å²) in [4.78, 5) is 23.9. The lowest BCUT2D eigenvalue weighted by Gasteiger charge is -2.14. The first-order valence-electron chi connectivity index (χ1n) is 18.9. The summed E-state index contributed by atoms with van der Waals surface area (Å²) in [5, 5.41) is 40.1. The Morgan fingerprint density at radius 3 is 1.54 bits per heavy atom. The summed E-state index contributed by atoms with van der Waals surface area (Å²) in [7, 11) is 0. The number of aliphatic hydroxyl groups is 4. The summed E-state index contributed by atoms with van der Waals surface area (Å²) >= 11 is 0. The molecule has 8 nitrogen and oxygen atoms in total. The van der Waals surface area contributed by atoms with Gasteiger partial charge in [-0.05, 0) is 31.6 Å². The van der Waals surface area contributed by atoms with Gasteiger partial charge in [-0.1, -0.05) is 159 Å². The average molecular weight is 679 g/mol. The normalized spacial score (nSPS) is 14.8. The van der Waals surface area contributed by atoms with E-state index in [4.69, 9.17) is 9.47 Å². The Hall–Kier alpha value is -2.26. The van der Waals surface area contributed by atoms with E-state index in [9.17, 15) is 30.0 Å². The Labute approximate surface area is 292 Å². The molecule has 0 heterocycles. The largest absolute Gasteiger partial charge is 0.463 e. The second-order valence-corrected chi connectivity index (χ2v) is 13.4. The van der Waals surface area contributed by atoms with E-state index in [0.29, 0.717) is 12.8 Å². The van der Waals surface area contributed by atoms with Crippen LogP contribution in [0.1, 0.15) is 149 Å². The summed E-state index contributed by atoms with van der Waals surface area (Å²) < 4.78 is 10.2. The molecule has 0 saturated heterocycles. The third kappa shape index (κ3) is 32.3. The molecule has 0 bridgehead atoms. The minimum atomic E-state index is -1.09. The quantitative estimate of drug-likeness (QED) is 0.0318. The average Bonchev–Trinajstić information content (AvgIpc) is 3.05. The summed E-state index contributed by atoms with van der Waals surface area (Å²) in [6.07, 6.45) is 29.7. The molecule has 0 aromatic rings. The lowest BCUT2D eigenvalue weighted by molar-refractivity contribution is -0.152. The first-order chi connectivity index (χ1) is 23.1. The van der Waals surface area contributed by atoms with Crippen LogP contribution in [0.2, 0.25) is 0 Å². The van der Waals surface area contributed by atoms with Crippen LogP contribution in [0, 0.1) is 5.92 Å². The van der Waals surface area contributed by atoms with Gasteiger partial charge in [0.25, 0.3) is 0 Å². The Morgan fingerprint density at radius 1 is 0.542 bits per heavy atom. The Bertz CT molecular complexity index is 878. The number of hydrogen-bond donors (Lipinski definition) is 4. The van der Waals surface area contributed by atoms with E-state index in [2.05, 4.69) is 20.8 Å². The lowest BCUT2D eigenvalue weighted by atomic mass is 10.0. The highest BCUT2D eigenvalue weighted by molar-refractivity contribution is 5.69. The van der Waals surface area contributed by atoms with Crippen LogP contribution in [-0.2, 0) is 19.1 Å². The zero-order valence-electron chi connectivity index (χ0n) is 30.5. The predicted octanol–water partition coefficient (Wildman–Crippen LogP) is 8.22. The maximum atomic E-state index is 12.0. The van der Waals surface area contributed by atoms with Crippen LogP contribution in [0.3, 0.4) is 0 Å². The predicted molar refractivity (Wildman–Crippen MR) is 195 cm³/mol. The number of allylic oxidation sites excluding steroid dienone is 6. The van der Waals surface area contributed by atoms with Crippen LogP contribution >= 0.6 is 0 Å². The Kier molecular flexibility index (Phi) is 31.7. The van der Waals surface area contributed by atoms with Gasteiger partial charge in [0.15, 0.2) is 0 Å². The second kappa shape index (κ2) is 33.2. The molecule has 48 heavy (non-hydrogen) atoms. The van der Waals surface area contributed by atoms with Crippen molar-refractivity contribution < 1.29 is 39.5 Å². The van der Waals surface area contributed by atoms with Gasteiger partial charge in [0.1, 0.15) is 19.3 Å². The van der Waals surface area contributed by atoms with Crippen LogP contribution in [0.15, 0.2) is 48.6 Å². The minimum absolute atomic E-state index is 0.0317. The number of unbranched alkanes of at least 4 members (excludes halogenated alkanes) is 12. The molecular formula is C40H70O8. The van der Waals surface area contributed by atoms with E-state index in [0.717, 1.165) is 50.9 Å². The number of carbonyl (C=O) groups is 2. The van der Waals surface area contributed by atoms with Crippen molar-refractivity contribution in [2.45, 2.75) is 174 Å². The first-order valence-corrected chi connectivity index (χ1v) is 18.9. The van der Waals surface area contributed by atoms with Gasteiger partial charge in [-0.15, -0.1) is 0 Å². The van der Waals surface area contributed by atoms with Gasteiger partial charge in [-0.2, -0.15) is 0 Å². The molecule has 8 heteroatoms. The van der Waals surface area contributed by atoms with E-state index >= 15 is 0 Å². The number of esters is 2. The topological polar surface area (TPSA) is 134 Å². The van der Waals surface area contributed by atoms with Crippen LogP contribution in [0.4, 0.5) is 0 Å². The van der Waals surface area contributed by atoms with E-state index in [-0.39, 0.29) is 32.0 Å². The smallest absolute Gasteiger partial charge is 0.305 e. The Morgan fingerprint density at radius 2 is 1.00 bits per heavy atom. The highest BCUT2D eigenvalue weighted by Crippen LogP contribution is 2.14. The van der Waals surface area contributed by atoms with Crippen molar-refractivity contribution >= 4 is 11.9 Å². The molecule has 0 spiro atoms. The van der Waals surface area contributed by atoms with E-state index in [1.165, 1.54) is 63.9 Å². The molecule has 4 N–H and O–H groups in total. The minimum Gasteiger partial charge on any atom is -0.463 e. The third-order valence-corrected chi connectivity index (χ3v) is 8.11. The van der Waals surface area contributed by atoms with Crippen LogP contribution < -0.4 is 0 Å². The standard InChI is InChI=1S/C40H70O8/c1-4-5-19-26-35(41)27-21-16-13-14-17-22-28-37(43)38(44)29-24-31-40(46)48-33-36(42)32-47-39(45)30-23-18-12-10-8-6-7-9-11-15-20-25-34(2)3/h13-14,16-17,21-22,27-28,34-38,41-44H,4-12,15,18-20,23-26,29-33H2,1-3H3/b16-13-,17-14+,27-21+,28-22+/t35-,36-,37-,38-/m1/s1. The molecule has 0 aliphatic heterocycles. The molecule has 0 radical (unpaired) electrons. The summed E-state index contributed by atoms with van der Waals surface area (Å²) in [5.41, 5.74) is 0. The van der Waals surface area contributed by atoms with Gasteiger partial charge < -0.3 is 29.9 Å². The fourth-order valence-corrected chi connectivity index (χ4v) is 5.06. The van der Waals surface area contributed by atoms with Gasteiger partial charge in [-0.3, -0.25) is 9.59 Å². The van der Waals surface area contributed by atoms with E-state index in [1.807, 2.05) is 6.08 Å². The molecule has 0 fully saturated rings. The zero-order chi connectivity index (χ0) is 35.7. The molecule has 4 atom stereocenters. The number of carbonyl (C=O) groups excluding carboxylic acids is 2. The van der Waals surface area contributed by atoms with Gasteiger partial charge >= 0.3 is 11.9 Å². The summed E-state index contributed by atoms with van der Waals surface area (Å²) in [5.74, 6) is -0.0694. The summed E-state index contributed by atoms with van der Waals surface area (Å²) in [6, 6.07) is 0. The molecule has 0 amide bonds. The number of aliphatic hydroxyl groups excluding tert-OH is 4. The molecule has 0 saturated carbocycles. The molecule has 0 aliphatic carbocycles. The van der Waals surface area contributed by atoms with E-state index < -0.39 is 30.4 Å². The second-order valence-electron chi connectivity index (χ2n) is 13.4. The van der Waals surface area contributed by atoms with Gasteiger partial charge in [0.05, 0.1) is 18.3 Å². The maximum Gasteiger partial charge on any atom is 0.305 e. The van der Waals surface area contributed by atoms with Gasteiger partial charge in [0, 0.05) is 12.8 Å². The molecule has 0 unspecified atom stereocenters. The fraction of sp³-hybridized carbons (Fsp3) is 0.750. The van der Waals surface area contributed by atoms with Crippen molar-refractivity contribution in [1.82, 2.24) is 0 Å². The number of hydrogen-bond acceptors (Lipinski definition) is 8. The Balaban J connectivity index is 3.80. The molecular weight excluding hydrogens is 608 g/mol. The highest BCUT2D eigenvalue weighted by atomic mass is 16.6. The SMILES string of the molecule is CCCCC[C@@H](O)/C=C/C=C\C=C\C=C\[C@@H](O)[C@H](O)CCCC(=O)OC[C@H](O)COC(=O)CCCCCCCCCCCCCC(C)C. The monoisotopic (exact) mass is 679 g/mol. The lowest BCUT2D eigenvalue weighted by Crippen LogP contribution is -2.26. The highest BCUT2D eigenvalue weighted by Gasteiger charge is 2.15. The van der Waals surface area contributed by atoms with E-state index in [1.54, 1.807) is 36.5 Å². The molecule has 278 valence electrons. The van der Waals surface area contributed by atoms with Crippen LogP contribution in [-0.4, -0.2) is 70.0 Å². The first kappa shape index (κ1) is 45.7.